The molecule has 21 heavy (non-hydrogen) atoms. The normalized spacial score (nSPS) is 17.0. The van der Waals surface area contributed by atoms with Crippen LogP contribution in [-0.2, 0) is 10.0 Å². The lowest BCUT2D eigenvalue weighted by Crippen LogP contribution is -2.50. The van der Waals surface area contributed by atoms with Crippen LogP contribution in [0.2, 0.25) is 5.02 Å². The minimum absolute atomic E-state index is 0.0851. The zero-order valence-electron chi connectivity index (χ0n) is 11.6. The molecule has 1 aliphatic rings. The molecule has 0 spiro atoms. The van der Waals surface area contributed by atoms with Gasteiger partial charge < -0.3 is 4.90 Å². The smallest absolute Gasteiger partial charge is 0.253 e. The van der Waals surface area contributed by atoms with E-state index < -0.39 is 10.0 Å². The first-order valence-corrected chi connectivity index (χ1v) is 9.64. The van der Waals surface area contributed by atoms with Crippen LogP contribution in [0.5, 0.6) is 0 Å². The zero-order chi connectivity index (χ0) is 15.6. The van der Waals surface area contributed by atoms with Crippen LogP contribution < -0.4 is 0 Å². The highest BCUT2D eigenvalue weighted by atomic mass is 127. The van der Waals surface area contributed by atoms with E-state index in [0.717, 1.165) is 3.57 Å². The minimum atomic E-state index is -3.17. The Kier molecular flexibility index (Phi) is 5.50. The molecular weight excluding hydrogens is 427 g/mol. The van der Waals surface area contributed by atoms with E-state index in [-0.39, 0.29) is 11.7 Å². The van der Waals surface area contributed by atoms with E-state index in [2.05, 4.69) is 22.6 Å². The molecule has 0 N–H and O–H groups in total. The molecule has 0 aliphatic carbocycles. The number of rotatable bonds is 3. The molecular formula is C13H16ClIN2O3S. The van der Waals surface area contributed by atoms with Gasteiger partial charge in [-0.25, -0.2) is 8.42 Å². The third-order valence-electron chi connectivity index (χ3n) is 3.45. The summed E-state index contributed by atoms with van der Waals surface area (Å²) >= 11 is 8.03. The van der Waals surface area contributed by atoms with Crippen LogP contribution in [0.4, 0.5) is 0 Å². The van der Waals surface area contributed by atoms with Crippen molar-refractivity contribution in [2.75, 3.05) is 31.9 Å². The predicted octanol–water partition coefficient (Wildman–Crippen LogP) is 2.05. The third kappa shape index (κ3) is 3.88. The molecule has 1 heterocycles. The van der Waals surface area contributed by atoms with Gasteiger partial charge in [0.15, 0.2) is 0 Å². The summed E-state index contributed by atoms with van der Waals surface area (Å²) in [6, 6.07) is 5.15. The monoisotopic (exact) mass is 442 g/mol. The highest BCUT2D eigenvalue weighted by Gasteiger charge is 2.28. The number of sulfonamides is 1. The predicted molar refractivity (Wildman–Crippen MR) is 91.1 cm³/mol. The van der Waals surface area contributed by atoms with Crippen molar-refractivity contribution in [2.24, 2.45) is 0 Å². The number of hydrogen-bond donors (Lipinski definition) is 0. The number of amides is 1. The Morgan fingerprint density at radius 2 is 1.90 bits per heavy atom. The highest BCUT2D eigenvalue weighted by molar-refractivity contribution is 14.1. The van der Waals surface area contributed by atoms with Crippen LogP contribution in [0.3, 0.4) is 0 Å². The Labute approximate surface area is 143 Å². The van der Waals surface area contributed by atoms with Gasteiger partial charge in [0, 0.05) is 35.3 Å². The summed E-state index contributed by atoms with van der Waals surface area (Å²) in [7, 11) is -3.17. The van der Waals surface area contributed by atoms with E-state index in [0.29, 0.717) is 36.8 Å². The van der Waals surface area contributed by atoms with Crippen molar-refractivity contribution in [1.29, 1.82) is 0 Å². The first kappa shape index (κ1) is 17.0. The maximum Gasteiger partial charge on any atom is 0.253 e. The van der Waals surface area contributed by atoms with Crippen LogP contribution in [0.1, 0.15) is 17.3 Å². The van der Waals surface area contributed by atoms with Crippen LogP contribution in [0.25, 0.3) is 0 Å². The molecule has 0 bridgehead atoms. The number of benzene rings is 1. The second-order valence-electron chi connectivity index (χ2n) is 4.72. The van der Waals surface area contributed by atoms with Crippen LogP contribution >= 0.6 is 34.2 Å². The molecule has 116 valence electrons. The van der Waals surface area contributed by atoms with E-state index in [1.807, 2.05) is 0 Å². The van der Waals surface area contributed by atoms with E-state index in [1.165, 1.54) is 4.31 Å². The quantitative estimate of drug-likeness (QED) is 0.673. The number of nitrogens with zero attached hydrogens (tertiary/aromatic N) is 2. The van der Waals surface area contributed by atoms with Crippen molar-refractivity contribution >= 4 is 50.1 Å². The van der Waals surface area contributed by atoms with Crippen LogP contribution in [0.15, 0.2) is 18.2 Å². The summed E-state index contributed by atoms with van der Waals surface area (Å²) in [5.74, 6) is 0.00851. The summed E-state index contributed by atoms with van der Waals surface area (Å²) in [6.45, 7) is 3.16. The van der Waals surface area contributed by atoms with Gasteiger partial charge in [0.1, 0.15) is 0 Å². The Morgan fingerprint density at radius 1 is 1.29 bits per heavy atom. The van der Waals surface area contributed by atoms with Gasteiger partial charge in [-0.15, -0.1) is 0 Å². The molecule has 0 aromatic heterocycles. The fraction of sp³-hybridized carbons (Fsp3) is 0.462. The van der Waals surface area contributed by atoms with Gasteiger partial charge in [0.25, 0.3) is 5.91 Å². The molecule has 1 aromatic rings. The van der Waals surface area contributed by atoms with Gasteiger partial charge in [-0.2, -0.15) is 4.31 Å². The van der Waals surface area contributed by atoms with E-state index in [1.54, 1.807) is 30.0 Å². The molecule has 0 saturated carbocycles. The Morgan fingerprint density at radius 3 is 2.43 bits per heavy atom. The molecule has 0 unspecified atom stereocenters. The van der Waals surface area contributed by atoms with E-state index in [4.69, 9.17) is 11.6 Å². The van der Waals surface area contributed by atoms with Gasteiger partial charge in [0.2, 0.25) is 10.0 Å². The highest BCUT2D eigenvalue weighted by Crippen LogP contribution is 2.21. The Balaban J connectivity index is 2.05. The molecule has 2 rings (SSSR count). The zero-order valence-corrected chi connectivity index (χ0v) is 15.3. The fourth-order valence-corrected chi connectivity index (χ4v) is 3.88. The van der Waals surface area contributed by atoms with E-state index in [9.17, 15) is 13.2 Å². The second-order valence-corrected chi connectivity index (χ2v) is 8.55. The molecule has 1 fully saturated rings. The average Bonchev–Trinajstić information content (AvgIpc) is 2.49. The first-order chi connectivity index (χ1) is 9.85. The first-order valence-electron chi connectivity index (χ1n) is 6.57. The van der Waals surface area contributed by atoms with Crippen molar-refractivity contribution in [3.63, 3.8) is 0 Å². The maximum atomic E-state index is 12.4. The van der Waals surface area contributed by atoms with Gasteiger partial charge in [0.05, 0.1) is 10.8 Å². The summed E-state index contributed by atoms with van der Waals surface area (Å²) < 4.78 is 25.9. The summed E-state index contributed by atoms with van der Waals surface area (Å²) in [5, 5.41) is 0.617. The molecule has 1 saturated heterocycles. The second kappa shape index (κ2) is 6.80. The Bertz CT molecular complexity index is 643. The average molecular weight is 443 g/mol. The van der Waals surface area contributed by atoms with Crippen molar-refractivity contribution < 1.29 is 13.2 Å². The van der Waals surface area contributed by atoms with Crippen LogP contribution in [0, 0.1) is 3.57 Å². The molecule has 1 aliphatic heterocycles. The van der Waals surface area contributed by atoms with Gasteiger partial charge in [-0.05, 0) is 47.7 Å². The van der Waals surface area contributed by atoms with Gasteiger partial charge in [-0.3, -0.25) is 4.79 Å². The van der Waals surface area contributed by atoms with Crippen molar-refractivity contribution in [3.05, 3.63) is 32.4 Å². The number of hydrogen-bond acceptors (Lipinski definition) is 3. The molecule has 8 heteroatoms. The summed E-state index contributed by atoms with van der Waals surface area (Å²) in [4.78, 5) is 14.1. The van der Waals surface area contributed by atoms with Crippen molar-refractivity contribution in [1.82, 2.24) is 9.21 Å². The maximum absolute atomic E-state index is 12.4. The molecule has 0 radical (unpaired) electrons. The van der Waals surface area contributed by atoms with Crippen LogP contribution in [-0.4, -0.2) is 55.5 Å². The fourth-order valence-electron chi connectivity index (χ4n) is 2.16. The lowest BCUT2D eigenvalue weighted by molar-refractivity contribution is 0.0698. The molecule has 1 amide bonds. The van der Waals surface area contributed by atoms with Gasteiger partial charge in [-0.1, -0.05) is 11.6 Å². The topological polar surface area (TPSA) is 57.7 Å². The van der Waals surface area contributed by atoms with Crippen molar-refractivity contribution in [3.8, 4) is 0 Å². The summed E-state index contributed by atoms with van der Waals surface area (Å²) in [5.41, 5.74) is 0.579. The third-order valence-corrected chi connectivity index (χ3v) is 6.87. The molecule has 0 atom stereocenters. The minimum Gasteiger partial charge on any atom is -0.336 e. The lowest BCUT2D eigenvalue weighted by Gasteiger charge is -2.33. The largest absolute Gasteiger partial charge is 0.336 e. The summed E-state index contributed by atoms with van der Waals surface area (Å²) in [6.07, 6.45) is 0. The number of halogens is 2. The standard InChI is InChI=1S/C13H16ClIN2O3S/c1-2-21(19,20)17-7-5-16(6-8-17)13(18)10-3-4-11(14)12(15)9-10/h3-4,9H,2,5-8H2,1H3. The lowest BCUT2D eigenvalue weighted by atomic mass is 10.2. The van der Waals surface area contributed by atoms with E-state index >= 15 is 0 Å². The number of carbonyl (C=O) groups is 1. The van der Waals surface area contributed by atoms with Gasteiger partial charge >= 0.3 is 0 Å². The SMILES string of the molecule is CCS(=O)(=O)N1CCN(C(=O)c2ccc(Cl)c(I)c2)CC1. The Hall–Kier alpha value is -0.380. The number of piperazine rings is 1. The molecule has 1 aromatic carbocycles. The van der Waals surface area contributed by atoms with Crippen molar-refractivity contribution in [2.45, 2.75) is 6.92 Å². The number of carbonyl (C=O) groups excluding carboxylic acids is 1. The molecule has 5 nitrogen and oxygen atoms in total.